The number of nitrogens with zero attached hydrogens (tertiary/aromatic N) is 2. The van der Waals surface area contributed by atoms with Gasteiger partial charge in [0.15, 0.2) is 6.04 Å². The van der Waals surface area contributed by atoms with E-state index in [0.29, 0.717) is 0 Å². The number of hydrogen-bond donors (Lipinski definition) is 3. The van der Waals surface area contributed by atoms with Gasteiger partial charge in [-0.1, -0.05) is 0 Å². The Kier molecular flexibility index (Phi) is 5.11. The van der Waals surface area contributed by atoms with Crippen LogP contribution in [0.3, 0.4) is 0 Å². The number of urea groups is 1. The van der Waals surface area contributed by atoms with E-state index in [4.69, 9.17) is 5.11 Å². The average Bonchev–Trinajstić information content (AvgIpc) is 2.79. The summed E-state index contributed by atoms with van der Waals surface area (Å²) in [6.45, 7) is -1.62. The van der Waals surface area contributed by atoms with Crippen LogP contribution in [0.2, 0.25) is 0 Å². The molecule has 1 aromatic rings. The maximum absolute atomic E-state index is 12.6. The quantitative estimate of drug-likeness (QED) is 0.675. The second kappa shape index (κ2) is 6.41. The van der Waals surface area contributed by atoms with Crippen LogP contribution in [0.25, 0.3) is 0 Å². The number of aryl methyl sites for hydroxylation is 1. The number of rotatable bonds is 6. The Morgan fingerprint density at radius 2 is 2.10 bits per heavy atom. The van der Waals surface area contributed by atoms with E-state index in [0.717, 1.165) is 6.20 Å². The lowest BCUT2D eigenvalue weighted by Gasteiger charge is -2.18. The van der Waals surface area contributed by atoms with Gasteiger partial charge in [0.2, 0.25) is 0 Å². The monoisotopic (exact) mass is 312 g/mol. The minimum absolute atomic E-state index is 0.0979. The number of amides is 2. The number of carboxylic acids is 1. The zero-order chi connectivity index (χ0) is 16.2. The van der Waals surface area contributed by atoms with Crippen LogP contribution < -0.4 is 10.6 Å². The molecule has 1 rings (SSSR count). The van der Waals surface area contributed by atoms with Gasteiger partial charge in [-0.25, -0.2) is 18.4 Å². The summed E-state index contributed by atoms with van der Waals surface area (Å²) in [5.74, 6) is -5.86. The van der Waals surface area contributed by atoms with E-state index in [1.54, 1.807) is 0 Å². The molecule has 1 heterocycles. The minimum atomic E-state index is -4.40. The summed E-state index contributed by atoms with van der Waals surface area (Å²) in [7, 11) is 1.51. The van der Waals surface area contributed by atoms with E-state index < -0.39 is 36.9 Å². The first-order valence-corrected chi connectivity index (χ1v) is 5.55. The molecule has 0 saturated heterocycles. The third-order valence-electron chi connectivity index (χ3n) is 2.38. The molecular formula is C10H12F4N4O3. The van der Waals surface area contributed by atoms with Gasteiger partial charge in [0, 0.05) is 18.8 Å². The molecule has 1 atom stereocenters. The Balaban J connectivity index is 2.64. The molecule has 0 saturated carbocycles. The lowest BCUT2D eigenvalue weighted by molar-refractivity contribution is -0.139. The van der Waals surface area contributed by atoms with Crippen molar-refractivity contribution in [1.82, 2.24) is 20.4 Å². The van der Waals surface area contributed by atoms with Gasteiger partial charge in [0.1, 0.15) is 0 Å². The van der Waals surface area contributed by atoms with E-state index in [2.05, 4.69) is 5.10 Å². The molecule has 0 aliphatic carbocycles. The minimum Gasteiger partial charge on any atom is -0.479 e. The van der Waals surface area contributed by atoms with Crippen molar-refractivity contribution < 1.29 is 32.3 Å². The maximum Gasteiger partial charge on any atom is 0.331 e. The van der Waals surface area contributed by atoms with E-state index in [-0.39, 0.29) is 5.56 Å². The summed E-state index contributed by atoms with van der Waals surface area (Å²) < 4.78 is 50.3. The van der Waals surface area contributed by atoms with Gasteiger partial charge < -0.3 is 15.7 Å². The molecule has 21 heavy (non-hydrogen) atoms. The predicted molar refractivity (Wildman–Crippen MR) is 61.1 cm³/mol. The fraction of sp³-hybridized carbons (Fsp3) is 0.500. The molecule has 1 aromatic heterocycles. The summed E-state index contributed by atoms with van der Waals surface area (Å²) in [5.41, 5.74) is 0.0979. The van der Waals surface area contributed by atoms with Crippen molar-refractivity contribution in [2.24, 2.45) is 7.05 Å². The van der Waals surface area contributed by atoms with Gasteiger partial charge >= 0.3 is 24.3 Å². The van der Waals surface area contributed by atoms with Crippen LogP contribution in [0.5, 0.6) is 0 Å². The second-order valence-electron chi connectivity index (χ2n) is 4.11. The van der Waals surface area contributed by atoms with Crippen LogP contribution in [0, 0.1) is 0 Å². The normalized spacial score (nSPS) is 13.0. The molecule has 1 unspecified atom stereocenters. The Labute approximate surface area is 115 Å². The van der Waals surface area contributed by atoms with Crippen LogP contribution >= 0.6 is 0 Å². The molecular weight excluding hydrogens is 300 g/mol. The molecule has 0 aliphatic rings. The van der Waals surface area contributed by atoms with Crippen molar-refractivity contribution in [1.29, 1.82) is 0 Å². The number of aromatic nitrogens is 2. The zero-order valence-corrected chi connectivity index (χ0v) is 10.7. The lowest BCUT2D eigenvalue weighted by Crippen LogP contribution is -2.47. The Hall–Kier alpha value is -2.33. The molecule has 3 N–H and O–H groups in total. The number of carbonyl (C=O) groups is 2. The first-order valence-electron chi connectivity index (χ1n) is 5.55. The Morgan fingerprint density at radius 1 is 1.48 bits per heavy atom. The summed E-state index contributed by atoms with van der Waals surface area (Å²) >= 11 is 0. The topological polar surface area (TPSA) is 96.2 Å². The van der Waals surface area contributed by atoms with Crippen LogP contribution in [0.4, 0.5) is 22.4 Å². The van der Waals surface area contributed by atoms with Gasteiger partial charge in [0.25, 0.3) is 0 Å². The number of alkyl halides is 4. The first kappa shape index (κ1) is 16.7. The molecule has 0 bridgehead atoms. The number of carboxylic acid groups (broad SMARTS) is 1. The third-order valence-corrected chi connectivity index (χ3v) is 2.38. The average molecular weight is 312 g/mol. The van der Waals surface area contributed by atoms with Crippen LogP contribution in [-0.2, 0) is 11.8 Å². The molecule has 0 aromatic carbocycles. The van der Waals surface area contributed by atoms with E-state index in [1.165, 1.54) is 23.2 Å². The van der Waals surface area contributed by atoms with Gasteiger partial charge in [-0.2, -0.15) is 13.9 Å². The zero-order valence-electron chi connectivity index (χ0n) is 10.7. The van der Waals surface area contributed by atoms with Crippen molar-refractivity contribution >= 4 is 12.0 Å². The van der Waals surface area contributed by atoms with E-state index >= 15 is 0 Å². The van der Waals surface area contributed by atoms with Gasteiger partial charge in [-0.15, -0.1) is 0 Å². The number of aliphatic carboxylic acids is 1. The molecule has 0 aliphatic heterocycles. The van der Waals surface area contributed by atoms with Crippen LogP contribution in [-0.4, -0.2) is 45.8 Å². The molecule has 118 valence electrons. The highest BCUT2D eigenvalue weighted by molar-refractivity contribution is 5.83. The van der Waals surface area contributed by atoms with Crippen molar-refractivity contribution in [2.75, 3.05) is 6.54 Å². The summed E-state index contributed by atoms with van der Waals surface area (Å²) in [6.07, 6.45) is -1.48. The van der Waals surface area contributed by atoms with E-state index in [9.17, 15) is 27.2 Å². The summed E-state index contributed by atoms with van der Waals surface area (Å²) in [6, 6.07) is -2.86. The number of halogens is 4. The highest BCUT2D eigenvalue weighted by Gasteiger charge is 2.41. The molecule has 0 radical (unpaired) electrons. The van der Waals surface area contributed by atoms with Gasteiger partial charge in [0.05, 0.1) is 12.7 Å². The van der Waals surface area contributed by atoms with Crippen LogP contribution in [0.15, 0.2) is 12.4 Å². The van der Waals surface area contributed by atoms with Gasteiger partial charge in [-0.05, 0) is 0 Å². The fourth-order valence-electron chi connectivity index (χ4n) is 1.33. The summed E-state index contributed by atoms with van der Waals surface area (Å²) in [4.78, 5) is 22.3. The van der Waals surface area contributed by atoms with E-state index in [1.807, 2.05) is 5.32 Å². The van der Waals surface area contributed by atoms with Crippen LogP contribution in [0.1, 0.15) is 11.6 Å². The van der Waals surface area contributed by atoms with Gasteiger partial charge in [-0.3, -0.25) is 4.68 Å². The van der Waals surface area contributed by atoms with Crippen molar-refractivity contribution in [2.45, 2.75) is 18.4 Å². The largest absolute Gasteiger partial charge is 0.479 e. The standard InChI is InChI=1S/C10H12F4N4O3/c1-18-3-5(2-16-18)6(7(19)20)17-9(21)15-4-10(13,14)8(11)12/h2-3,6,8H,4H2,1H3,(H,19,20)(H2,15,17,21). The maximum atomic E-state index is 12.6. The predicted octanol–water partition coefficient (Wildman–Crippen LogP) is 0.745. The third kappa shape index (κ3) is 4.61. The summed E-state index contributed by atoms with van der Waals surface area (Å²) in [5, 5.41) is 16.0. The number of carbonyl (C=O) groups excluding carboxylic acids is 1. The Morgan fingerprint density at radius 3 is 2.52 bits per heavy atom. The number of nitrogens with one attached hydrogen (secondary N) is 2. The van der Waals surface area contributed by atoms with Crippen molar-refractivity contribution in [3.8, 4) is 0 Å². The molecule has 11 heteroatoms. The number of hydrogen-bond acceptors (Lipinski definition) is 3. The van der Waals surface area contributed by atoms with Crippen molar-refractivity contribution in [3.63, 3.8) is 0 Å². The first-order chi connectivity index (χ1) is 9.63. The molecule has 0 spiro atoms. The molecule has 2 amide bonds. The molecule has 0 fully saturated rings. The SMILES string of the molecule is Cn1cc(C(NC(=O)NCC(F)(F)C(F)F)C(=O)O)cn1. The lowest BCUT2D eigenvalue weighted by atomic mass is 10.1. The highest BCUT2D eigenvalue weighted by atomic mass is 19.3. The Bertz CT molecular complexity index is 520. The highest BCUT2D eigenvalue weighted by Crippen LogP contribution is 2.21. The second-order valence-corrected chi connectivity index (χ2v) is 4.11. The molecule has 7 nitrogen and oxygen atoms in total. The smallest absolute Gasteiger partial charge is 0.331 e. The fourth-order valence-corrected chi connectivity index (χ4v) is 1.33. The van der Waals surface area contributed by atoms with Crippen molar-refractivity contribution in [3.05, 3.63) is 18.0 Å².